The third-order valence-electron chi connectivity index (χ3n) is 4.98. The van der Waals surface area contributed by atoms with Crippen molar-refractivity contribution in [1.82, 2.24) is 10.7 Å². The molecule has 0 saturated carbocycles. The fourth-order valence-corrected chi connectivity index (χ4v) is 3.29. The van der Waals surface area contributed by atoms with Gasteiger partial charge in [0.25, 0.3) is 0 Å². The molecule has 1 atom stereocenters. The highest BCUT2D eigenvalue weighted by Crippen LogP contribution is 2.19. The molecular weight excluding hydrogens is 360 g/mol. The number of ether oxygens (including phenoxy) is 2. The molecule has 0 bridgehead atoms. The van der Waals surface area contributed by atoms with Crippen molar-refractivity contribution >= 4 is 23.0 Å². The van der Waals surface area contributed by atoms with Crippen molar-refractivity contribution in [2.24, 2.45) is 5.10 Å². The van der Waals surface area contributed by atoms with Gasteiger partial charge in [0.15, 0.2) is 5.11 Å². The normalized spacial score (nSPS) is 17.2. The highest BCUT2D eigenvalue weighted by atomic mass is 32.1. The third-order valence-corrected chi connectivity index (χ3v) is 5.21. The van der Waals surface area contributed by atoms with Gasteiger partial charge in [-0.1, -0.05) is 0 Å². The minimum atomic E-state index is 0.251. The van der Waals surface area contributed by atoms with E-state index in [0.29, 0.717) is 5.11 Å². The number of hydrogen-bond acceptors (Lipinski definition) is 4. The zero-order valence-electron chi connectivity index (χ0n) is 16.9. The van der Waals surface area contributed by atoms with E-state index in [0.717, 1.165) is 62.7 Å². The van der Waals surface area contributed by atoms with Gasteiger partial charge in [0.05, 0.1) is 32.0 Å². The molecule has 1 heterocycles. The van der Waals surface area contributed by atoms with Gasteiger partial charge in [-0.25, -0.2) is 0 Å². The molecule has 2 rings (SSSR count). The average Bonchev–Trinajstić information content (AvgIpc) is 3.22. The second kappa shape index (κ2) is 11.2. The van der Waals surface area contributed by atoms with E-state index in [9.17, 15) is 0 Å². The molecule has 0 aromatic heterocycles. The average molecular weight is 394 g/mol. The van der Waals surface area contributed by atoms with Crippen LogP contribution in [0.1, 0.15) is 44.7 Å². The summed E-state index contributed by atoms with van der Waals surface area (Å²) < 4.78 is 11.1. The van der Waals surface area contributed by atoms with Gasteiger partial charge in [0, 0.05) is 18.7 Å². The van der Waals surface area contributed by atoms with E-state index in [4.69, 9.17) is 21.7 Å². The summed E-state index contributed by atoms with van der Waals surface area (Å²) in [6, 6.07) is 6.21. The molecule has 1 aliphatic heterocycles. The first-order valence-corrected chi connectivity index (χ1v) is 10.2. The Morgan fingerprint density at radius 2 is 2.15 bits per heavy atom. The molecule has 1 fully saturated rings. The Balaban J connectivity index is 1.98. The van der Waals surface area contributed by atoms with Crippen LogP contribution >= 0.6 is 12.2 Å². The second-order valence-corrected chi connectivity index (χ2v) is 7.22. The molecule has 27 heavy (non-hydrogen) atoms. The number of hydrazone groups is 1. The number of thiocarbonyl (C=S) groups is 1. The van der Waals surface area contributed by atoms with E-state index in [1.54, 1.807) is 7.11 Å². The lowest BCUT2D eigenvalue weighted by Gasteiger charge is -2.18. The summed E-state index contributed by atoms with van der Waals surface area (Å²) in [6.45, 7) is 11.1. The zero-order chi connectivity index (χ0) is 19.6. The summed E-state index contributed by atoms with van der Waals surface area (Å²) >= 11 is 5.30. The number of hydrogen-bond donors (Lipinski definition) is 3. The van der Waals surface area contributed by atoms with Crippen molar-refractivity contribution in [2.75, 3.05) is 33.4 Å². The molecule has 7 heteroatoms. The summed E-state index contributed by atoms with van der Waals surface area (Å²) in [5.41, 5.74) is 6.07. The minimum absolute atomic E-state index is 0.251. The summed E-state index contributed by atoms with van der Waals surface area (Å²) in [4.78, 5) is 1.51. The smallest absolute Gasteiger partial charge is 0.187 e. The number of quaternary nitrogens is 1. The Bertz CT molecular complexity index is 641. The molecule has 0 spiro atoms. The molecule has 6 nitrogen and oxygen atoms in total. The Kier molecular flexibility index (Phi) is 8.97. The number of rotatable bonds is 9. The minimum Gasteiger partial charge on any atom is -0.496 e. The molecule has 0 radical (unpaired) electrons. The van der Waals surface area contributed by atoms with Gasteiger partial charge in [-0.3, -0.25) is 5.43 Å². The molecule has 1 aromatic carbocycles. The molecule has 0 aliphatic carbocycles. The van der Waals surface area contributed by atoms with E-state index in [1.165, 1.54) is 10.5 Å². The van der Waals surface area contributed by atoms with Crippen LogP contribution in [0.4, 0.5) is 0 Å². The van der Waals surface area contributed by atoms with Gasteiger partial charge in [-0.15, -0.1) is 0 Å². The largest absolute Gasteiger partial charge is 0.496 e. The summed E-state index contributed by atoms with van der Waals surface area (Å²) in [6.07, 6.45) is 2.46. The molecule has 1 aliphatic rings. The lowest BCUT2D eigenvalue weighted by atomic mass is 10.1. The first-order chi connectivity index (χ1) is 13.1. The molecule has 1 saturated heterocycles. The fraction of sp³-hybridized carbons (Fsp3) is 0.600. The van der Waals surface area contributed by atoms with Crippen LogP contribution in [0.15, 0.2) is 23.3 Å². The fourth-order valence-electron chi connectivity index (χ4n) is 3.16. The Hall–Kier alpha value is -1.70. The predicted molar refractivity (Wildman–Crippen MR) is 114 cm³/mol. The van der Waals surface area contributed by atoms with Crippen LogP contribution in [0.5, 0.6) is 5.75 Å². The summed E-state index contributed by atoms with van der Waals surface area (Å²) in [5.74, 6) is 0.924. The van der Waals surface area contributed by atoms with Crippen molar-refractivity contribution in [3.63, 3.8) is 0 Å². The highest BCUT2D eigenvalue weighted by Gasteiger charge is 2.15. The zero-order valence-corrected chi connectivity index (χ0v) is 17.7. The van der Waals surface area contributed by atoms with E-state index in [1.807, 2.05) is 19.1 Å². The lowest BCUT2D eigenvalue weighted by Crippen LogP contribution is -3.10. The maximum atomic E-state index is 5.58. The van der Waals surface area contributed by atoms with E-state index in [-0.39, 0.29) is 6.10 Å². The van der Waals surface area contributed by atoms with Crippen molar-refractivity contribution < 1.29 is 14.4 Å². The van der Waals surface area contributed by atoms with E-state index in [2.05, 4.69) is 35.8 Å². The second-order valence-electron chi connectivity index (χ2n) is 6.81. The van der Waals surface area contributed by atoms with Crippen LogP contribution in [-0.4, -0.2) is 50.3 Å². The Morgan fingerprint density at radius 3 is 2.78 bits per heavy atom. The highest BCUT2D eigenvalue weighted by molar-refractivity contribution is 7.80. The number of nitrogens with one attached hydrogen (secondary N) is 3. The van der Waals surface area contributed by atoms with Crippen molar-refractivity contribution in [1.29, 1.82) is 0 Å². The Morgan fingerprint density at radius 1 is 1.37 bits per heavy atom. The van der Waals surface area contributed by atoms with Gasteiger partial charge in [-0.2, -0.15) is 5.10 Å². The van der Waals surface area contributed by atoms with Crippen LogP contribution in [0.3, 0.4) is 0 Å². The van der Waals surface area contributed by atoms with E-state index < -0.39 is 0 Å². The molecule has 0 unspecified atom stereocenters. The van der Waals surface area contributed by atoms with Gasteiger partial charge in [0.2, 0.25) is 0 Å². The number of nitrogens with zero attached hydrogens (tertiary/aromatic N) is 1. The van der Waals surface area contributed by atoms with Gasteiger partial charge < -0.3 is 19.7 Å². The molecule has 3 N–H and O–H groups in total. The topological polar surface area (TPSA) is 59.3 Å². The number of methoxy groups -OCH3 is 1. The Labute approximate surface area is 168 Å². The SMILES string of the molecule is CC[NH+](CC)Cc1cc(/C(C)=N\NC(=S)NC[C@H]2CCCO2)ccc1OC. The van der Waals surface area contributed by atoms with Gasteiger partial charge in [-0.05, 0) is 69.6 Å². The lowest BCUT2D eigenvalue weighted by molar-refractivity contribution is -0.910. The van der Waals surface area contributed by atoms with Crippen LogP contribution in [0.25, 0.3) is 0 Å². The van der Waals surface area contributed by atoms with Crippen LogP contribution in [-0.2, 0) is 11.3 Å². The van der Waals surface area contributed by atoms with Crippen molar-refractivity contribution in [3.8, 4) is 5.75 Å². The molecular formula is C20H33N4O2S+. The maximum Gasteiger partial charge on any atom is 0.187 e. The van der Waals surface area contributed by atoms with Crippen LogP contribution < -0.4 is 20.4 Å². The standard InChI is InChI=1S/C20H32N4O2S/c1-5-24(6-2)14-17-12-16(9-10-19(17)25-4)15(3)22-23-20(27)21-13-18-8-7-11-26-18/h9-10,12,18H,5-8,11,13-14H2,1-4H3,(H2,21,23,27)/p+1/b22-15-/t18-/m1/s1. The molecule has 150 valence electrons. The van der Waals surface area contributed by atoms with Crippen LogP contribution in [0, 0.1) is 0 Å². The summed E-state index contributed by atoms with van der Waals surface area (Å²) in [5, 5.41) is 8.12. The van der Waals surface area contributed by atoms with Crippen molar-refractivity contribution in [2.45, 2.75) is 46.3 Å². The quantitative estimate of drug-likeness (QED) is 0.337. The first kappa shape index (κ1) is 21.6. The van der Waals surface area contributed by atoms with E-state index >= 15 is 0 Å². The number of benzene rings is 1. The molecule has 0 amide bonds. The van der Waals surface area contributed by atoms with Gasteiger partial charge >= 0.3 is 0 Å². The predicted octanol–water partition coefficient (Wildman–Crippen LogP) is 1.49. The third kappa shape index (κ3) is 6.75. The van der Waals surface area contributed by atoms with Crippen LogP contribution in [0.2, 0.25) is 0 Å². The maximum absolute atomic E-state index is 5.58. The van der Waals surface area contributed by atoms with Gasteiger partial charge in [0.1, 0.15) is 12.3 Å². The van der Waals surface area contributed by atoms with Crippen molar-refractivity contribution in [3.05, 3.63) is 29.3 Å². The monoisotopic (exact) mass is 393 g/mol. The summed E-state index contributed by atoms with van der Waals surface area (Å²) in [7, 11) is 1.72. The first-order valence-electron chi connectivity index (χ1n) is 9.77. The molecule has 1 aromatic rings.